The van der Waals surface area contributed by atoms with Crippen molar-refractivity contribution in [1.82, 2.24) is 9.88 Å². The van der Waals surface area contributed by atoms with Crippen molar-refractivity contribution >= 4 is 23.2 Å². The molecule has 1 aliphatic carbocycles. The van der Waals surface area contributed by atoms with Crippen LogP contribution in [0.5, 0.6) is 5.75 Å². The molecule has 0 bridgehead atoms. The van der Waals surface area contributed by atoms with Crippen molar-refractivity contribution in [2.75, 3.05) is 19.0 Å². The van der Waals surface area contributed by atoms with Gasteiger partial charge in [0.15, 0.2) is 0 Å². The summed E-state index contributed by atoms with van der Waals surface area (Å²) in [4.78, 5) is 13.8. The van der Waals surface area contributed by atoms with Crippen LogP contribution >= 0.6 is 0 Å². The number of nitrogens with one attached hydrogen (secondary N) is 3. The lowest BCUT2D eigenvalue weighted by atomic mass is 9.95. The number of allylic oxidation sites excluding steroid dienone is 5. The van der Waals surface area contributed by atoms with E-state index in [1.54, 1.807) is 54.2 Å². The highest BCUT2D eigenvalue weighted by molar-refractivity contribution is 6.13. The largest absolute Gasteiger partial charge is 0.461 e. The summed E-state index contributed by atoms with van der Waals surface area (Å²) in [6.07, 6.45) is 8.99. The van der Waals surface area contributed by atoms with Crippen molar-refractivity contribution in [3.8, 4) is 11.4 Å². The molecule has 2 heterocycles. The van der Waals surface area contributed by atoms with Gasteiger partial charge in [0, 0.05) is 43.5 Å². The number of aromatic nitrogens is 1. The van der Waals surface area contributed by atoms with Crippen molar-refractivity contribution in [1.29, 1.82) is 5.41 Å². The number of hydrogen-bond acceptors (Lipinski definition) is 6. The molecule has 2 atom stereocenters. The Hall–Kier alpha value is -3.91. The van der Waals surface area contributed by atoms with E-state index in [9.17, 15) is 9.18 Å². The summed E-state index contributed by atoms with van der Waals surface area (Å²) in [5, 5.41) is 14.3. The fourth-order valence-corrected chi connectivity index (χ4v) is 3.88. The Morgan fingerprint density at radius 1 is 1.26 bits per heavy atom. The normalized spacial score (nSPS) is 18.8. The molecule has 0 radical (unpaired) electrons. The van der Waals surface area contributed by atoms with Crippen LogP contribution in [0.15, 0.2) is 71.2 Å². The molecule has 0 saturated heterocycles. The van der Waals surface area contributed by atoms with Gasteiger partial charge in [-0.15, -0.1) is 0 Å². The number of halogens is 1. The van der Waals surface area contributed by atoms with Gasteiger partial charge >= 0.3 is 0 Å². The highest BCUT2D eigenvalue weighted by atomic mass is 19.1. The van der Waals surface area contributed by atoms with Gasteiger partial charge in [-0.3, -0.25) is 9.36 Å². The van der Waals surface area contributed by atoms with E-state index in [2.05, 4.69) is 10.6 Å². The molecular formula is C26H27FN4O3. The predicted molar refractivity (Wildman–Crippen MR) is 133 cm³/mol. The van der Waals surface area contributed by atoms with E-state index in [0.29, 0.717) is 46.3 Å². The molecule has 1 aromatic carbocycles. The van der Waals surface area contributed by atoms with Crippen LogP contribution in [0.25, 0.3) is 17.3 Å². The van der Waals surface area contributed by atoms with Crippen LogP contribution in [0.2, 0.25) is 0 Å². The van der Waals surface area contributed by atoms with Crippen molar-refractivity contribution in [3.63, 3.8) is 0 Å². The maximum Gasteiger partial charge on any atom is 0.264 e. The smallest absolute Gasteiger partial charge is 0.264 e. The monoisotopic (exact) mass is 462 g/mol. The van der Waals surface area contributed by atoms with Gasteiger partial charge < -0.3 is 25.5 Å². The van der Waals surface area contributed by atoms with Crippen LogP contribution in [0.1, 0.15) is 25.0 Å². The molecule has 0 amide bonds. The number of alkyl halides is 1. The van der Waals surface area contributed by atoms with Crippen molar-refractivity contribution in [2.24, 2.45) is 0 Å². The van der Waals surface area contributed by atoms with Gasteiger partial charge in [-0.25, -0.2) is 4.39 Å². The molecule has 0 spiro atoms. The Bertz CT molecular complexity index is 1270. The summed E-state index contributed by atoms with van der Waals surface area (Å²) in [6, 6.07) is 8.52. The van der Waals surface area contributed by atoms with Crippen LogP contribution < -0.4 is 20.9 Å². The molecule has 8 heteroatoms. The number of nitrogens with zero attached hydrogens (tertiary/aromatic N) is 1. The molecule has 0 fully saturated rings. The molecule has 0 saturated carbocycles. The van der Waals surface area contributed by atoms with Crippen LogP contribution in [0.3, 0.4) is 0 Å². The predicted octanol–water partition coefficient (Wildman–Crippen LogP) is 4.41. The molecule has 176 valence electrons. The SMILES string of the molecule is CCOC1C=Cc2cc(C3=C/C(=C/NC)C(=N)C=C3)c(=O)n(-c3ccc(OC(C)F)cc3)c2N1. The molecule has 2 unspecified atom stereocenters. The third kappa shape index (κ3) is 4.72. The molecule has 1 aliphatic heterocycles. The Labute approximate surface area is 197 Å². The molecule has 2 aromatic rings. The second kappa shape index (κ2) is 9.93. The first kappa shape index (κ1) is 23.3. The minimum absolute atomic E-state index is 0.238. The summed E-state index contributed by atoms with van der Waals surface area (Å²) in [5.74, 6) is 0.969. The lowest BCUT2D eigenvalue weighted by molar-refractivity contribution is 0.0860. The zero-order chi connectivity index (χ0) is 24.2. The number of rotatable bonds is 7. The van der Waals surface area contributed by atoms with E-state index < -0.39 is 6.36 Å². The van der Waals surface area contributed by atoms with Crippen molar-refractivity contribution < 1.29 is 13.9 Å². The van der Waals surface area contributed by atoms with E-state index >= 15 is 0 Å². The van der Waals surface area contributed by atoms with Crippen LogP contribution in [-0.2, 0) is 4.74 Å². The Kier molecular flexibility index (Phi) is 6.79. The van der Waals surface area contributed by atoms with Crippen LogP contribution in [-0.4, -0.2) is 36.5 Å². The quantitative estimate of drug-likeness (QED) is 0.567. The van der Waals surface area contributed by atoms with Gasteiger partial charge in [0.2, 0.25) is 6.36 Å². The van der Waals surface area contributed by atoms with Gasteiger partial charge in [0.25, 0.3) is 5.56 Å². The summed E-state index contributed by atoms with van der Waals surface area (Å²) < 4.78 is 25.6. The zero-order valence-corrected chi connectivity index (χ0v) is 19.3. The molecule has 7 nitrogen and oxygen atoms in total. The van der Waals surface area contributed by atoms with E-state index in [-0.39, 0.29) is 11.8 Å². The number of hydrogen-bond donors (Lipinski definition) is 3. The third-order valence-corrected chi connectivity index (χ3v) is 5.36. The molecule has 2 aliphatic rings. The molecule has 34 heavy (non-hydrogen) atoms. The number of benzene rings is 1. The molecule has 1 aromatic heterocycles. The second-order valence-electron chi connectivity index (χ2n) is 7.77. The van der Waals surface area contributed by atoms with Crippen LogP contribution in [0.4, 0.5) is 10.2 Å². The average molecular weight is 463 g/mol. The fraction of sp³-hybridized carbons (Fsp3) is 0.231. The average Bonchev–Trinajstić information content (AvgIpc) is 2.81. The molecule has 4 rings (SSSR count). The molecule has 3 N–H and O–H groups in total. The number of ether oxygens (including phenoxy) is 2. The first-order valence-corrected chi connectivity index (χ1v) is 11.0. The van der Waals surface area contributed by atoms with Gasteiger partial charge in [0.1, 0.15) is 17.8 Å². The van der Waals surface area contributed by atoms with Gasteiger partial charge in [-0.05, 0) is 61.1 Å². The Morgan fingerprint density at radius 3 is 2.71 bits per heavy atom. The molecular weight excluding hydrogens is 435 g/mol. The van der Waals surface area contributed by atoms with Gasteiger partial charge in [0.05, 0.1) is 11.4 Å². The van der Waals surface area contributed by atoms with Gasteiger partial charge in [-0.2, -0.15) is 0 Å². The number of fused-ring (bicyclic) bond motifs is 1. The highest BCUT2D eigenvalue weighted by Gasteiger charge is 2.22. The summed E-state index contributed by atoms with van der Waals surface area (Å²) in [7, 11) is 1.76. The lowest BCUT2D eigenvalue weighted by Gasteiger charge is -2.26. The lowest BCUT2D eigenvalue weighted by Crippen LogP contribution is -2.32. The Balaban J connectivity index is 1.88. The van der Waals surface area contributed by atoms with Crippen molar-refractivity contribution in [3.05, 3.63) is 87.9 Å². The second-order valence-corrected chi connectivity index (χ2v) is 7.77. The highest BCUT2D eigenvalue weighted by Crippen LogP contribution is 2.30. The first-order valence-electron chi connectivity index (χ1n) is 11.0. The first-order chi connectivity index (χ1) is 16.4. The van der Waals surface area contributed by atoms with E-state index in [4.69, 9.17) is 14.9 Å². The standard InChI is InChI=1S/C26H27FN4O3/c1-4-33-24-12-6-18-14-22(17-5-11-23(28)19(13-17)15-29-3)26(32)31(25(18)30-24)20-7-9-21(10-8-20)34-16(2)27/h5-16,24,28-30H,4H2,1-3H3/b19-15-,28-23?. The maximum atomic E-state index is 13.8. The number of pyridine rings is 1. The third-order valence-electron chi connectivity index (χ3n) is 5.36. The fourth-order valence-electron chi connectivity index (χ4n) is 3.88. The Morgan fingerprint density at radius 2 is 2.03 bits per heavy atom. The van der Waals surface area contributed by atoms with E-state index in [0.717, 1.165) is 5.56 Å². The summed E-state index contributed by atoms with van der Waals surface area (Å²) in [5.41, 5.74) is 3.40. The van der Waals surface area contributed by atoms with E-state index in [1.165, 1.54) is 6.92 Å². The zero-order valence-electron chi connectivity index (χ0n) is 19.3. The minimum atomic E-state index is -1.44. The summed E-state index contributed by atoms with van der Waals surface area (Å²) in [6.45, 7) is 3.73. The van der Waals surface area contributed by atoms with Crippen LogP contribution in [0, 0.1) is 5.41 Å². The van der Waals surface area contributed by atoms with E-state index in [1.807, 2.05) is 31.2 Å². The minimum Gasteiger partial charge on any atom is -0.461 e. The van der Waals surface area contributed by atoms with Crippen molar-refractivity contribution in [2.45, 2.75) is 26.4 Å². The maximum absolute atomic E-state index is 13.8. The topological polar surface area (TPSA) is 88.4 Å². The summed E-state index contributed by atoms with van der Waals surface area (Å²) >= 11 is 0. The van der Waals surface area contributed by atoms with Gasteiger partial charge in [-0.1, -0.05) is 12.2 Å². The number of anilines is 1.